The van der Waals surface area contributed by atoms with Gasteiger partial charge in [0.25, 0.3) is 0 Å². The Balaban J connectivity index is 2.01. The van der Waals surface area contributed by atoms with Crippen LogP contribution in [-0.4, -0.2) is 22.8 Å². The maximum absolute atomic E-state index is 6.14. The van der Waals surface area contributed by atoms with Crippen LogP contribution in [0, 0.1) is 0 Å². The third kappa shape index (κ3) is 3.92. The van der Waals surface area contributed by atoms with Crippen LogP contribution in [0.25, 0.3) is 0 Å². The van der Waals surface area contributed by atoms with Crippen LogP contribution in [0.3, 0.4) is 0 Å². The molecule has 1 atom stereocenters. The number of aromatic nitrogens is 2. The zero-order valence-corrected chi connectivity index (χ0v) is 12.8. The van der Waals surface area contributed by atoms with Crippen molar-refractivity contribution in [3.8, 4) is 5.88 Å². The standard InChI is InChI=1S/C13H14BrN3OS/c1-18-13-12(16-6-7-17-13)11(15)8-19-10-4-2-9(14)3-5-10/h2-7,11H,8,15H2,1H3. The molecule has 0 spiro atoms. The van der Waals surface area contributed by atoms with Crippen LogP contribution >= 0.6 is 27.7 Å². The van der Waals surface area contributed by atoms with E-state index in [9.17, 15) is 0 Å². The third-order valence-electron chi connectivity index (χ3n) is 2.48. The summed E-state index contributed by atoms with van der Waals surface area (Å²) < 4.78 is 6.23. The lowest BCUT2D eigenvalue weighted by Crippen LogP contribution is -2.16. The Bertz CT molecular complexity index is 536. The molecule has 2 rings (SSSR count). The molecule has 6 heteroatoms. The quantitative estimate of drug-likeness (QED) is 0.848. The number of nitrogens with zero attached hydrogens (tertiary/aromatic N) is 2. The second-order valence-electron chi connectivity index (χ2n) is 3.82. The molecule has 2 aromatic rings. The summed E-state index contributed by atoms with van der Waals surface area (Å²) in [7, 11) is 1.57. The van der Waals surface area contributed by atoms with Crippen molar-refractivity contribution in [2.75, 3.05) is 12.9 Å². The molecule has 0 fully saturated rings. The molecule has 100 valence electrons. The molecule has 0 saturated carbocycles. The molecule has 0 bridgehead atoms. The molecule has 0 aliphatic carbocycles. The molecule has 0 aliphatic rings. The molecule has 0 saturated heterocycles. The van der Waals surface area contributed by atoms with E-state index in [1.165, 1.54) is 4.90 Å². The Morgan fingerprint density at radius 1 is 1.26 bits per heavy atom. The van der Waals surface area contributed by atoms with Gasteiger partial charge >= 0.3 is 0 Å². The summed E-state index contributed by atoms with van der Waals surface area (Å²) in [5, 5.41) is 0. The lowest BCUT2D eigenvalue weighted by Gasteiger charge is -2.13. The highest BCUT2D eigenvalue weighted by Crippen LogP contribution is 2.26. The Hall–Kier alpha value is -1.11. The molecule has 1 heterocycles. The fourth-order valence-corrected chi connectivity index (χ4v) is 2.67. The van der Waals surface area contributed by atoms with Gasteiger partial charge in [-0.1, -0.05) is 15.9 Å². The second-order valence-corrected chi connectivity index (χ2v) is 5.83. The predicted octanol–water partition coefficient (Wildman–Crippen LogP) is 3.04. The van der Waals surface area contributed by atoms with Crippen molar-refractivity contribution in [3.63, 3.8) is 0 Å². The molecule has 19 heavy (non-hydrogen) atoms. The van der Waals surface area contributed by atoms with Crippen LogP contribution < -0.4 is 10.5 Å². The maximum Gasteiger partial charge on any atom is 0.237 e. The average molecular weight is 340 g/mol. The minimum absolute atomic E-state index is 0.211. The number of ether oxygens (including phenoxy) is 1. The van der Waals surface area contributed by atoms with E-state index in [4.69, 9.17) is 10.5 Å². The molecule has 1 aromatic heterocycles. The van der Waals surface area contributed by atoms with Crippen molar-refractivity contribution in [2.45, 2.75) is 10.9 Å². The lowest BCUT2D eigenvalue weighted by molar-refractivity contribution is 0.386. The first-order chi connectivity index (χ1) is 9.20. The van der Waals surface area contributed by atoms with Gasteiger partial charge in [0.1, 0.15) is 5.69 Å². The van der Waals surface area contributed by atoms with Gasteiger partial charge in [0.05, 0.1) is 13.2 Å². The number of rotatable bonds is 5. The Morgan fingerprint density at radius 2 is 1.95 bits per heavy atom. The summed E-state index contributed by atoms with van der Waals surface area (Å²) in [6, 6.07) is 7.91. The molecule has 0 radical (unpaired) electrons. The van der Waals surface area contributed by atoms with Gasteiger partial charge in [0.2, 0.25) is 5.88 Å². The van der Waals surface area contributed by atoms with Crippen LogP contribution in [0.2, 0.25) is 0 Å². The van der Waals surface area contributed by atoms with Gasteiger partial charge in [-0.15, -0.1) is 11.8 Å². The van der Waals surface area contributed by atoms with Gasteiger partial charge in [-0.3, -0.25) is 4.98 Å². The highest BCUT2D eigenvalue weighted by molar-refractivity contribution is 9.10. The molecule has 0 amide bonds. The molecule has 2 N–H and O–H groups in total. The van der Waals surface area contributed by atoms with Gasteiger partial charge in [-0.25, -0.2) is 4.98 Å². The summed E-state index contributed by atoms with van der Waals surface area (Å²) in [6.07, 6.45) is 3.22. The third-order valence-corrected chi connectivity index (χ3v) is 4.14. The van der Waals surface area contributed by atoms with E-state index >= 15 is 0 Å². The molecule has 0 aliphatic heterocycles. The first-order valence-electron chi connectivity index (χ1n) is 5.69. The number of halogens is 1. The molecule has 1 unspecified atom stereocenters. The average Bonchev–Trinajstić information content (AvgIpc) is 2.46. The number of nitrogens with two attached hydrogens (primary N) is 1. The summed E-state index contributed by atoms with van der Waals surface area (Å²) in [6.45, 7) is 0. The van der Waals surface area contributed by atoms with E-state index in [2.05, 4.69) is 38.0 Å². The zero-order chi connectivity index (χ0) is 13.7. The van der Waals surface area contributed by atoms with Crippen LogP contribution in [0.5, 0.6) is 5.88 Å². The first-order valence-corrected chi connectivity index (χ1v) is 7.47. The van der Waals surface area contributed by atoms with Crippen molar-refractivity contribution < 1.29 is 4.74 Å². The summed E-state index contributed by atoms with van der Waals surface area (Å²) in [5.74, 6) is 1.21. The van der Waals surface area contributed by atoms with Gasteiger partial charge < -0.3 is 10.5 Å². The van der Waals surface area contributed by atoms with Crippen molar-refractivity contribution in [1.82, 2.24) is 9.97 Å². The molecule has 4 nitrogen and oxygen atoms in total. The van der Waals surface area contributed by atoms with Gasteiger partial charge in [0, 0.05) is 27.5 Å². The van der Waals surface area contributed by atoms with Crippen LogP contribution in [0.4, 0.5) is 0 Å². The largest absolute Gasteiger partial charge is 0.480 e. The van der Waals surface area contributed by atoms with E-state index < -0.39 is 0 Å². The molecular weight excluding hydrogens is 326 g/mol. The predicted molar refractivity (Wildman–Crippen MR) is 80.4 cm³/mol. The second kappa shape index (κ2) is 6.88. The Kier molecular flexibility index (Phi) is 5.18. The fourth-order valence-electron chi connectivity index (χ4n) is 1.54. The van der Waals surface area contributed by atoms with Crippen molar-refractivity contribution >= 4 is 27.7 Å². The number of benzene rings is 1. The zero-order valence-electron chi connectivity index (χ0n) is 10.4. The maximum atomic E-state index is 6.14. The van der Waals surface area contributed by atoms with Gasteiger partial charge in [-0.2, -0.15) is 0 Å². The van der Waals surface area contributed by atoms with Crippen molar-refractivity contribution in [3.05, 3.63) is 46.8 Å². The van der Waals surface area contributed by atoms with Crippen LogP contribution in [0.1, 0.15) is 11.7 Å². The lowest BCUT2D eigenvalue weighted by atomic mass is 10.2. The minimum Gasteiger partial charge on any atom is -0.480 e. The number of thioether (sulfide) groups is 1. The van der Waals surface area contributed by atoms with E-state index in [0.717, 1.165) is 10.2 Å². The monoisotopic (exact) mass is 339 g/mol. The smallest absolute Gasteiger partial charge is 0.237 e. The molecular formula is C13H14BrN3OS. The Morgan fingerprint density at radius 3 is 2.63 bits per heavy atom. The Labute approximate surface area is 124 Å². The SMILES string of the molecule is COc1nccnc1C(N)CSc1ccc(Br)cc1. The number of hydrogen-bond donors (Lipinski definition) is 1. The fraction of sp³-hybridized carbons (Fsp3) is 0.231. The van der Waals surface area contributed by atoms with E-state index in [0.29, 0.717) is 11.6 Å². The summed E-state index contributed by atoms with van der Waals surface area (Å²) >= 11 is 5.09. The highest BCUT2D eigenvalue weighted by atomic mass is 79.9. The topological polar surface area (TPSA) is 61.0 Å². The van der Waals surface area contributed by atoms with E-state index in [1.807, 2.05) is 12.1 Å². The summed E-state index contributed by atoms with van der Waals surface area (Å²) in [5.41, 5.74) is 6.83. The number of hydrogen-bond acceptors (Lipinski definition) is 5. The highest BCUT2D eigenvalue weighted by Gasteiger charge is 2.14. The summed E-state index contributed by atoms with van der Waals surface area (Å²) in [4.78, 5) is 9.52. The molecule has 1 aromatic carbocycles. The number of methoxy groups -OCH3 is 1. The van der Waals surface area contributed by atoms with Crippen molar-refractivity contribution in [2.24, 2.45) is 5.73 Å². The van der Waals surface area contributed by atoms with E-state index in [1.54, 1.807) is 31.3 Å². The van der Waals surface area contributed by atoms with Crippen LogP contribution in [-0.2, 0) is 0 Å². The minimum atomic E-state index is -0.211. The van der Waals surface area contributed by atoms with Gasteiger partial charge in [0.15, 0.2) is 0 Å². The van der Waals surface area contributed by atoms with Crippen molar-refractivity contribution in [1.29, 1.82) is 0 Å². The van der Waals surface area contributed by atoms with Gasteiger partial charge in [-0.05, 0) is 24.3 Å². The van der Waals surface area contributed by atoms with E-state index in [-0.39, 0.29) is 6.04 Å². The van der Waals surface area contributed by atoms with Crippen LogP contribution in [0.15, 0.2) is 46.0 Å². The normalized spacial score (nSPS) is 12.2. The first kappa shape index (κ1) is 14.3.